The fourth-order valence-electron chi connectivity index (χ4n) is 5.82. The summed E-state index contributed by atoms with van der Waals surface area (Å²) in [7, 11) is -4.36. The molecule has 0 heterocycles. The molecule has 1 aliphatic rings. The van der Waals surface area contributed by atoms with Gasteiger partial charge in [0.2, 0.25) is 11.8 Å². The van der Waals surface area contributed by atoms with E-state index in [9.17, 15) is 18.0 Å². The van der Waals surface area contributed by atoms with Gasteiger partial charge in [-0.05, 0) is 55.2 Å². The summed E-state index contributed by atoms with van der Waals surface area (Å²) in [5.74, 6) is -1.70. The maximum Gasteiger partial charge on any atom is 0.264 e. The predicted octanol–water partition coefficient (Wildman–Crippen LogP) is 6.03. The molecule has 1 saturated carbocycles. The number of nitrogens with one attached hydrogen (secondary N) is 1. The minimum atomic E-state index is -4.36. The highest BCUT2D eigenvalue weighted by Gasteiger charge is 2.36. The predicted molar refractivity (Wildman–Crippen MR) is 173 cm³/mol. The molecule has 1 N–H and O–H groups in total. The SMILES string of the molecule is Cc1cccc(CN(C(=O)CN(c2ccccc2F)S(=O)(=O)c2ccccc2)C(Cc2ccccc2)C(=O)NC2CCCC2)c1. The van der Waals surface area contributed by atoms with Crippen LogP contribution in [0.5, 0.6) is 0 Å². The van der Waals surface area contributed by atoms with Gasteiger partial charge in [-0.15, -0.1) is 0 Å². The Morgan fingerprint density at radius 1 is 0.844 bits per heavy atom. The zero-order valence-corrected chi connectivity index (χ0v) is 26.1. The highest BCUT2D eigenvalue weighted by molar-refractivity contribution is 7.92. The van der Waals surface area contributed by atoms with Gasteiger partial charge in [0, 0.05) is 19.0 Å². The number of sulfonamides is 1. The standard InChI is InChI=1S/C36H38FN3O4S/c1-27-13-12-16-29(23-27)25-39(34(24-28-14-4-2-5-15-28)36(42)38-30-17-8-9-18-30)35(41)26-40(33-22-11-10-21-32(33)37)45(43,44)31-19-6-3-7-20-31/h2-7,10-16,19-23,30,34H,8-9,17-18,24-26H2,1H3,(H,38,42). The van der Waals surface area contributed by atoms with Gasteiger partial charge in [-0.25, -0.2) is 12.8 Å². The minimum absolute atomic E-state index is 0.0140. The van der Waals surface area contributed by atoms with Crippen LogP contribution in [-0.2, 0) is 32.6 Å². The van der Waals surface area contributed by atoms with Gasteiger partial charge >= 0.3 is 0 Å². The summed E-state index contributed by atoms with van der Waals surface area (Å²) in [6, 6.07) is 29.2. The van der Waals surface area contributed by atoms with E-state index in [1.807, 2.05) is 61.5 Å². The molecule has 234 valence electrons. The molecule has 7 nitrogen and oxygen atoms in total. The molecule has 9 heteroatoms. The number of benzene rings is 4. The van der Waals surface area contributed by atoms with E-state index in [0.29, 0.717) is 0 Å². The number of para-hydroxylation sites is 1. The molecule has 5 rings (SSSR count). The van der Waals surface area contributed by atoms with E-state index in [4.69, 9.17) is 0 Å². The number of rotatable bonds is 12. The molecule has 1 unspecified atom stereocenters. The smallest absolute Gasteiger partial charge is 0.264 e. The number of amides is 2. The number of aryl methyl sites for hydroxylation is 1. The first-order chi connectivity index (χ1) is 21.7. The molecule has 45 heavy (non-hydrogen) atoms. The molecule has 0 aliphatic heterocycles. The lowest BCUT2D eigenvalue weighted by Gasteiger charge is -2.34. The Bertz CT molecular complexity index is 1710. The van der Waals surface area contributed by atoms with E-state index in [1.165, 1.54) is 35.2 Å². The lowest BCUT2D eigenvalue weighted by molar-refractivity contribution is -0.140. The molecule has 2 amide bonds. The van der Waals surface area contributed by atoms with Crippen molar-refractivity contribution in [1.82, 2.24) is 10.2 Å². The Morgan fingerprint density at radius 2 is 1.47 bits per heavy atom. The molecule has 1 aliphatic carbocycles. The topological polar surface area (TPSA) is 86.8 Å². The van der Waals surface area contributed by atoms with Crippen LogP contribution in [0.25, 0.3) is 0 Å². The summed E-state index contributed by atoms with van der Waals surface area (Å²) < 4.78 is 44.0. The van der Waals surface area contributed by atoms with Gasteiger partial charge in [0.15, 0.2) is 0 Å². The first kappa shape index (κ1) is 31.9. The van der Waals surface area contributed by atoms with Gasteiger partial charge in [0.1, 0.15) is 18.4 Å². The molecule has 4 aromatic rings. The van der Waals surface area contributed by atoms with Gasteiger partial charge in [-0.1, -0.05) is 103 Å². The average molecular weight is 628 g/mol. The van der Waals surface area contributed by atoms with Crippen molar-refractivity contribution in [3.05, 3.63) is 132 Å². The summed E-state index contributed by atoms with van der Waals surface area (Å²) in [5, 5.41) is 3.16. The number of anilines is 1. The summed E-state index contributed by atoms with van der Waals surface area (Å²) in [6.45, 7) is 1.30. The minimum Gasteiger partial charge on any atom is -0.352 e. The lowest BCUT2D eigenvalue weighted by Crippen LogP contribution is -2.54. The lowest BCUT2D eigenvalue weighted by atomic mass is 10.0. The summed E-state index contributed by atoms with van der Waals surface area (Å²) in [4.78, 5) is 29.9. The first-order valence-electron chi connectivity index (χ1n) is 15.2. The third-order valence-corrected chi connectivity index (χ3v) is 9.91. The van der Waals surface area contributed by atoms with Gasteiger partial charge < -0.3 is 10.2 Å². The number of carbonyl (C=O) groups is 2. The van der Waals surface area contributed by atoms with Crippen LogP contribution < -0.4 is 9.62 Å². The Kier molecular flexibility index (Phi) is 10.3. The molecule has 0 radical (unpaired) electrons. The second-order valence-electron chi connectivity index (χ2n) is 11.5. The number of nitrogens with zero attached hydrogens (tertiary/aromatic N) is 2. The fourth-order valence-corrected chi connectivity index (χ4v) is 7.26. The van der Waals surface area contributed by atoms with Gasteiger partial charge in [-0.2, -0.15) is 0 Å². The van der Waals surface area contributed by atoms with Crippen LogP contribution >= 0.6 is 0 Å². The van der Waals surface area contributed by atoms with Crippen LogP contribution in [0.1, 0.15) is 42.4 Å². The third kappa shape index (κ3) is 7.97. The van der Waals surface area contributed by atoms with Crippen molar-refractivity contribution in [2.75, 3.05) is 10.8 Å². The quantitative estimate of drug-likeness (QED) is 0.208. The van der Waals surface area contributed by atoms with Crippen LogP contribution in [0.15, 0.2) is 114 Å². The summed E-state index contributed by atoms with van der Waals surface area (Å²) in [6.07, 6.45) is 4.00. The number of hydrogen-bond donors (Lipinski definition) is 1. The largest absolute Gasteiger partial charge is 0.352 e. The molecule has 0 bridgehead atoms. The zero-order chi connectivity index (χ0) is 31.8. The Hall–Kier alpha value is -4.50. The summed E-state index contributed by atoms with van der Waals surface area (Å²) >= 11 is 0. The van der Waals surface area contributed by atoms with Gasteiger partial charge in [0.25, 0.3) is 10.0 Å². The van der Waals surface area contributed by atoms with Crippen LogP contribution in [0.3, 0.4) is 0 Å². The maximum absolute atomic E-state index is 15.2. The van der Waals surface area contributed by atoms with Crippen molar-refractivity contribution >= 4 is 27.5 Å². The van der Waals surface area contributed by atoms with E-state index < -0.39 is 34.3 Å². The van der Waals surface area contributed by atoms with Crippen LogP contribution in [0.4, 0.5) is 10.1 Å². The number of hydrogen-bond acceptors (Lipinski definition) is 4. The van der Waals surface area contributed by atoms with E-state index in [0.717, 1.165) is 52.7 Å². The van der Waals surface area contributed by atoms with Crippen molar-refractivity contribution in [3.8, 4) is 0 Å². The molecular formula is C36H38FN3O4S. The molecular weight excluding hydrogens is 589 g/mol. The first-order valence-corrected chi connectivity index (χ1v) is 16.7. The molecule has 4 aromatic carbocycles. The third-order valence-electron chi connectivity index (χ3n) is 8.14. The summed E-state index contributed by atoms with van der Waals surface area (Å²) in [5.41, 5.74) is 2.38. The van der Waals surface area contributed by atoms with E-state index in [-0.39, 0.29) is 35.5 Å². The van der Waals surface area contributed by atoms with Crippen LogP contribution in [0, 0.1) is 12.7 Å². The average Bonchev–Trinajstić information content (AvgIpc) is 3.56. The van der Waals surface area contributed by atoms with Crippen LogP contribution in [-0.4, -0.2) is 43.8 Å². The highest BCUT2D eigenvalue weighted by atomic mass is 32.2. The molecule has 1 fully saturated rings. The molecule has 0 aromatic heterocycles. The van der Waals surface area contributed by atoms with Gasteiger partial charge in [-0.3, -0.25) is 13.9 Å². The van der Waals surface area contributed by atoms with Crippen molar-refractivity contribution in [2.24, 2.45) is 0 Å². The second kappa shape index (κ2) is 14.5. The monoisotopic (exact) mass is 627 g/mol. The Labute approximate surface area is 264 Å². The van der Waals surface area contributed by atoms with E-state index >= 15 is 4.39 Å². The second-order valence-corrected chi connectivity index (χ2v) is 13.3. The zero-order valence-electron chi connectivity index (χ0n) is 25.3. The van der Waals surface area contributed by atoms with E-state index in [1.54, 1.807) is 18.2 Å². The molecule has 1 atom stereocenters. The Balaban J connectivity index is 1.57. The number of halogens is 1. The Morgan fingerprint density at radius 3 is 2.13 bits per heavy atom. The normalized spacial score (nSPS) is 14.1. The van der Waals surface area contributed by atoms with Crippen molar-refractivity contribution in [1.29, 1.82) is 0 Å². The van der Waals surface area contributed by atoms with Crippen LogP contribution in [0.2, 0.25) is 0 Å². The molecule has 0 spiro atoms. The molecule has 0 saturated heterocycles. The van der Waals surface area contributed by atoms with Gasteiger partial charge in [0.05, 0.1) is 10.6 Å². The number of carbonyl (C=O) groups excluding carboxylic acids is 2. The van der Waals surface area contributed by atoms with E-state index in [2.05, 4.69) is 5.32 Å². The van der Waals surface area contributed by atoms with Crippen molar-refractivity contribution < 1.29 is 22.4 Å². The van der Waals surface area contributed by atoms with Crippen molar-refractivity contribution in [3.63, 3.8) is 0 Å². The van der Waals surface area contributed by atoms with Crippen molar-refractivity contribution in [2.45, 2.75) is 62.6 Å². The highest BCUT2D eigenvalue weighted by Crippen LogP contribution is 2.27. The fraction of sp³-hybridized carbons (Fsp3) is 0.278. The maximum atomic E-state index is 15.2.